The number of anilines is 1. The molecule has 3 aromatic rings. The molecule has 0 aromatic heterocycles. The highest BCUT2D eigenvalue weighted by Crippen LogP contribution is 2.58. The van der Waals surface area contributed by atoms with Crippen LogP contribution in [0.25, 0.3) is 0 Å². The molecule has 3 aromatic carbocycles. The molecular weight excluding hydrogens is 396 g/mol. The van der Waals surface area contributed by atoms with Crippen LogP contribution in [0, 0.1) is 22.0 Å². The molecule has 3 aliphatic rings. The SMILES string of the molecule is O=C([O-])[C@@H]1C2c3ccccc3C(c3ccccc32)[C@@H]1C(=O)Nc1cccc([N+](=O)[O-])c1. The van der Waals surface area contributed by atoms with Crippen molar-refractivity contribution in [2.75, 3.05) is 5.32 Å². The van der Waals surface area contributed by atoms with Crippen LogP contribution in [-0.2, 0) is 9.59 Å². The number of nitrogens with one attached hydrogen (secondary N) is 1. The largest absolute Gasteiger partial charge is 0.550 e. The number of aliphatic carboxylic acids is 1. The van der Waals surface area contributed by atoms with Crippen molar-refractivity contribution in [3.8, 4) is 0 Å². The number of non-ortho nitro benzene ring substituents is 1. The molecule has 7 nitrogen and oxygen atoms in total. The number of fused-ring (bicyclic) bond motifs is 1. The molecule has 7 heteroatoms. The van der Waals surface area contributed by atoms with Crippen molar-refractivity contribution in [1.82, 2.24) is 0 Å². The number of rotatable bonds is 4. The van der Waals surface area contributed by atoms with Crippen LogP contribution in [0.15, 0.2) is 72.8 Å². The second-order valence-corrected chi connectivity index (χ2v) is 7.88. The second kappa shape index (κ2) is 7.05. The molecule has 0 aliphatic heterocycles. The molecule has 0 unspecified atom stereocenters. The van der Waals surface area contributed by atoms with E-state index in [0.717, 1.165) is 22.3 Å². The normalized spacial score (nSPS) is 22.8. The van der Waals surface area contributed by atoms with Gasteiger partial charge in [-0.25, -0.2) is 0 Å². The van der Waals surface area contributed by atoms with Crippen LogP contribution in [-0.4, -0.2) is 16.8 Å². The zero-order chi connectivity index (χ0) is 21.7. The summed E-state index contributed by atoms with van der Waals surface area (Å²) >= 11 is 0. The van der Waals surface area contributed by atoms with Crippen LogP contribution in [0.4, 0.5) is 11.4 Å². The van der Waals surface area contributed by atoms with Crippen LogP contribution in [0.2, 0.25) is 0 Å². The van der Waals surface area contributed by atoms with E-state index in [-0.39, 0.29) is 11.4 Å². The zero-order valence-electron chi connectivity index (χ0n) is 16.2. The fourth-order valence-corrected chi connectivity index (χ4v) is 5.20. The minimum atomic E-state index is -1.28. The molecular formula is C24H17N2O5-. The van der Waals surface area contributed by atoms with Gasteiger partial charge in [0.25, 0.3) is 5.69 Å². The van der Waals surface area contributed by atoms with E-state index in [4.69, 9.17) is 0 Å². The number of nitro groups is 1. The predicted octanol–water partition coefficient (Wildman–Crippen LogP) is 2.81. The van der Waals surface area contributed by atoms with Crippen molar-refractivity contribution < 1.29 is 19.6 Å². The van der Waals surface area contributed by atoms with Crippen LogP contribution in [0.3, 0.4) is 0 Å². The molecule has 6 rings (SSSR count). The fraction of sp³-hybridized carbons (Fsp3) is 0.167. The van der Waals surface area contributed by atoms with Gasteiger partial charge in [-0.05, 0) is 28.3 Å². The van der Waals surface area contributed by atoms with Gasteiger partial charge in [0.05, 0.1) is 10.8 Å². The average Bonchev–Trinajstić information content (AvgIpc) is 2.78. The summed E-state index contributed by atoms with van der Waals surface area (Å²) < 4.78 is 0. The lowest BCUT2D eigenvalue weighted by molar-refractivity contribution is -0.384. The Morgan fingerprint density at radius 1 is 0.774 bits per heavy atom. The summed E-state index contributed by atoms with van der Waals surface area (Å²) in [6.07, 6.45) is 0. The number of nitro benzene ring substituents is 1. The van der Waals surface area contributed by atoms with Gasteiger partial charge in [-0.15, -0.1) is 0 Å². The Kier molecular flexibility index (Phi) is 4.32. The van der Waals surface area contributed by atoms with Gasteiger partial charge in [0.1, 0.15) is 0 Å². The standard InChI is InChI=1S/C24H18N2O5/c27-23(25-13-6-5-7-14(12-13)26(30)31)21-19-15-8-1-3-10-17(15)20(22(21)24(28)29)18-11-4-2-9-16(18)19/h1-12,19-22H,(H,25,27)(H,28,29)/p-1/t19?,20?,21-,22+/m0/s1. The minimum absolute atomic E-state index is 0.157. The molecule has 0 saturated carbocycles. The van der Waals surface area contributed by atoms with Gasteiger partial charge in [-0.3, -0.25) is 14.9 Å². The van der Waals surface area contributed by atoms with E-state index in [0.29, 0.717) is 0 Å². The highest BCUT2D eigenvalue weighted by atomic mass is 16.6. The molecule has 0 saturated heterocycles. The molecule has 2 bridgehead atoms. The maximum atomic E-state index is 13.4. The van der Waals surface area contributed by atoms with Crippen LogP contribution in [0.1, 0.15) is 34.1 Å². The number of nitrogens with zero attached hydrogens (tertiary/aromatic N) is 1. The van der Waals surface area contributed by atoms with Gasteiger partial charge in [-0.1, -0.05) is 54.6 Å². The number of carboxylic acids is 1. The lowest BCUT2D eigenvalue weighted by Crippen LogP contribution is -2.52. The smallest absolute Gasteiger partial charge is 0.271 e. The second-order valence-electron chi connectivity index (χ2n) is 7.88. The highest BCUT2D eigenvalue weighted by Gasteiger charge is 2.52. The number of benzene rings is 3. The van der Waals surface area contributed by atoms with E-state index in [1.165, 1.54) is 18.2 Å². The van der Waals surface area contributed by atoms with Crippen LogP contribution < -0.4 is 10.4 Å². The summed E-state index contributed by atoms with van der Waals surface area (Å²) in [5.41, 5.74) is 3.76. The molecule has 154 valence electrons. The van der Waals surface area contributed by atoms with Crippen LogP contribution in [0.5, 0.6) is 0 Å². The zero-order valence-corrected chi connectivity index (χ0v) is 16.2. The maximum absolute atomic E-state index is 13.4. The third kappa shape index (κ3) is 2.89. The van der Waals surface area contributed by atoms with Crippen molar-refractivity contribution in [1.29, 1.82) is 0 Å². The van der Waals surface area contributed by atoms with Crippen molar-refractivity contribution >= 4 is 23.3 Å². The molecule has 2 atom stereocenters. The first-order valence-electron chi connectivity index (χ1n) is 9.91. The predicted molar refractivity (Wildman–Crippen MR) is 110 cm³/mol. The lowest BCUT2D eigenvalue weighted by Gasteiger charge is -2.50. The molecule has 0 radical (unpaired) electrons. The van der Waals surface area contributed by atoms with E-state index in [1.807, 2.05) is 48.5 Å². The van der Waals surface area contributed by atoms with Crippen molar-refractivity contribution in [3.05, 3.63) is 105 Å². The van der Waals surface area contributed by atoms with Gasteiger partial charge in [0, 0.05) is 41.5 Å². The summed E-state index contributed by atoms with van der Waals surface area (Å²) in [4.78, 5) is 36.2. The third-order valence-electron chi connectivity index (χ3n) is 6.34. The Bertz CT molecular complexity index is 1190. The average molecular weight is 413 g/mol. The number of hydrogen-bond acceptors (Lipinski definition) is 5. The molecule has 0 spiro atoms. The minimum Gasteiger partial charge on any atom is -0.550 e. The third-order valence-corrected chi connectivity index (χ3v) is 6.34. The van der Waals surface area contributed by atoms with Gasteiger partial charge >= 0.3 is 0 Å². The number of carbonyl (C=O) groups is 2. The number of amides is 1. The Balaban J connectivity index is 1.61. The van der Waals surface area contributed by atoms with Crippen molar-refractivity contribution in [2.24, 2.45) is 11.8 Å². The van der Waals surface area contributed by atoms with Gasteiger partial charge in [0.15, 0.2) is 0 Å². The van der Waals surface area contributed by atoms with E-state index >= 15 is 0 Å². The number of carbonyl (C=O) groups excluding carboxylic acids is 2. The van der Waals surface area contributed by atoms with Crippen LogP contribution >= 0.6 is 0 Å². The van der Waals surface area contributed by atoms with E-state index < -0.39 is 40.5 Å². The van der Waals surface area contributed by atoms with E-state index in [1.54, 1.807) is 6.07 Å². The topological polar surface area (TPSA) is 112 Å². The van der Waals surface area contributed by atoms with Crippen molar-refractivity contribution in [2.45, 2.75) is 11.8 Å². The Labute approximate surface area is 177 Å². The summed E-state index contributed by atoms with van der Waals surface area (Å²) in [5.74, 6) is -4.67. The first-order valence-corrected chi connectivity index (χ1v) is 9.91. The number of hydrogen-bond donors (Lipinski definition) is 1. The van der Waals surface area contributed by atoms with E-state index in [9.17, 15) is 24.8 Å². The lowest BCUT2D eigenvalue weighted by atomic mass is 9.54. The monoisotopic (exact) mass is 413 g/mol. The summed E-state index contributed by atoms with van der Waals surface area (Å²) in [5, 5.41) is 26.1. The van der Waals surface area contributed by atoms with E-state index in [2.05, 4.69) is 5.32 Å². The molecule has 1 amide bonds. The Hall–Kier alpha value is -4.00. The van der Waals surface area contributed by atoms with Gasteiger partial charge in [0.2, 0.25) is 5.91 Å². The number of carboxylic acid groups (broad SMARTS) is 1. The van der Waals surface area contributed by atoms with Gasteiger partial charge < -0.3 is 15.2 Å². The van der Waals surface area contributed by atoms with Gasteiger partial charge in [-0.2, -0.15) is 0 Å². The first-order chi connectivity index (χ1) is 15.0. The van der Waals surface area contributed by atoms with Crippen molar-refractivity contribution in [3.63, 3.8) is 0 Å². The first kappa shape index (κ1) is 19.0. The molecule has 0 heterocycles. The molecule has 1 N–H and O–H groups in total. The summed E-state index contributed by atoms with van der Waals surface area (Å²) in [6.45, 7) is 0. The molecule has 31 heavy (non-hydrogen) atoms. The molecule has 0 fully saturated rings. The summed E-state index contributed by atoms with van der Waals surface area (Å²) in [6, 6.07) is 20.8. The fourth-order valence-electron chi connectivity index (χ4n) is 5.20. The highest BCUT2D eigenvalue weighted by molar-refractivity contribution is 5.98. The molecule has 3 aliphatic carbocycles. The Morgan fingerprint density at radius 3 is 1.77 bits per heavy atom. The maximum Gasteiger partial charge on any atom is 0.271 e. The Morgan fingerprint density at radius 2 is 1.29 bits per heavy atom. The summed E-state index contributed by atoms with van der Waals surface area (Å²) in [7, 11) is 0. The quantitative estimate of drug-likeness (QED) is 0.522.